The van der Waals surface area contributed by atoms with Gasteiger partial charge in [-0.1, -0.05) is 12.1 Å². The summed E-state index contributed by atoms with van der Waals surface area (Å²) >= 11 is 0. The van der Waals surface area contributed by atoms with Crippen LogP contribution < -0.4 is 15.1 Å². The Balaban J connectivity index is 1.40. The fourth-order valence-corrected chi connectivity index (χ4v) is 3.61. The van der Waals surface area contributed by atoms with Crippen LogP contribution in [0.25, 0.3) is 11.3 Å². The highest BCUT2D eigenvalue weighted by Crippen LogP contribution is 2.23. The summed E-state index contributed by atoms with van der Waals surface area (Å²) < 4.78 is 0. The second kappa shape index (κ2) is 8.95. The van der Waals surface area contributed by atoms with Crippen LogP contribution in [0.1, 0.15) is 29.6 Å². The van der Waals surface area contributed by atoms with Crippen LogP contribution in [0.5, 0.6) is 0 Å². The van der Waals surface area contributed by atoms with Crippen molar-refractivity contribution in [3.05, 3.63) is 66.2 Å². The van der Waals surface area contributed by atoms with E-state index in [-0.39, 0.29) is 5.91 Å². The Labute approximate surface area is 177 Å². The van der Waals surface area contributed by atoms with Gasteiger partial charge in [0.05, 0.1) is 5.69 Å². The van der Waals surface area contributed by atoms with Gasteiger partial charge in [-0.15, -0.1) is 10.2 Å². The molecule has 0 radical (unpaired) electrons. The lowest BCUT2D eigenvalue weighted by atomic mass is 10.1. The first-order valence-electron chi connectivity index (χ1n) is 10.4. The molecule has 0 unspecified atom stereocenters. The molecule has 2 heterocycles. The SMILES string of the molecule is CN(C)c1ccc(C(=O)Nc2ccc(-c3ccc(N4CCCCC4)nn3)cc2)cc1. The van der Waals surface area contributed by atoms with Crippen molar-refractivity contribution < 1.29 is 4.79 Å². The fraction of sp³-hybridized carbons (Fsp3) is 0.292. The highest BCUT2D eigenvalue weighted by molar-refractivity contribution is 6.04. The summed E-state index contributed by atoms with van der Waals surface area (Å²) in [5.41, 5.74) is 4.24. The summed E-state index contributed by atoms with van der Waals surface area (Å²) in [4.78, 5) is 16.8. The molecule has 3 aromatic rings. The van der Waals surface area contributed by atoms with Gasteiger partial charge in [0, 0.05) is 49.7 Å². The molecule has 0 spiro atoms. The Morgan fingerprint density at radius 1 is 0.867 bits per heavy atom. The zero-order valence-corrected chi connectivity index (χ0v) is 17.5. The van der Waals surface area contributed by atoms with Gasteiger partial charge in [0.1, 0.15) is 0 Å². The average Bonchev–Trinajstić information content (AvgIpc) is 2.80. The van der Waals surface area contributed by atoms with E-state index in [4.69, 9.17) is 0 Å². The van der Waals surface area contributed by atoms with E-state index >= 15 is 0 Å². The third-order valence-corrected chi connectivity index (χ3v) is 5.41. The second-order valence-corrected chi connectivity index (χ2v) is 7.80. The van der Waals surface area contributed by atoms with Crippen LogP contribution >= 0.6 is 0 Å². The van der Waals surface area contributed by atoms with Crippen LogP contribution in [0.15, 0.2) is 60.7 Å². The number of piperidine rings is 1. The van der Waals surface area contributed by atoms with Crippen molar-refractivity contribution in [1.29, 1.82) is 0 Å². The van der Waals surface area contributed by atoms with E-state index in [1.54, 1.807) is 0 Å². The Morgan fingerprint density at radius 2 is 1.57 bits per heavy atom. The zero-order valence-electron chi connectivity index (χ0n) is 17.5. The van der Waals surface area contributed by atoms with Crippen molar-refractivity contribution in [3.63, 3.8) is 0 Å². The quantitative estimate of drug-likeness (QED) is 0.684. The minimum atomic E-state index is -0.126. The van der Waals surface area contributed by atoms with Gasteiger partial charge in [-0.3, -0.25) is 4.79 Å². The van der Waals surface area contributed by atoms with Crippen LogP contribution in [-0.4, -0.2) is 43.3 Å². The molecule has 1 N–H and O–H groups in total. The van der Waals surface area contributed by atoms with Crippen molar-refractivity contribution in [2.24, 2.45) is 0 Å². The highest BCUT2D eigenvalue weighted by atomic mass is 16.1. The van der Waals surface area contributed by atoms with Crippen LogP contribution in [-0.2, 0) is 0 Å². The number of amides is 1. The summed E-state index contributed by atoms with van der Waals surface area (Å²) in [6.45, 7) is 2.11. The minimum absolute atomic E-state index is 0.126. The molecule has 1 fully saturated rings. The zero-order chi connectivity index (χ0) is 20.9. The van der Waals surface area contributed by atoms with Gasteiger partial charge in [0.15, 0.2) is 5.82 Å². The third-order valence-electron chi connectivity index (χ3n) is 5.41. The molecule has 6 heteroatoms. The number of benzene rings is 2. The van der Waals surface area contributed by atoms with Gasteiger partial charge in [0.25, 0.3) is 5.91 Å². The van der Waals surface area contributed by atoms with Gasteiger partial charge >= 0.3 is 0 Å². The van der Waals surface area contributed by atoms with E-state index in [1.807, 2.05) is 79.7 Å². The maximum atomic E-state index is 12.5. The van der Waals surface area contributed by atoms with Crippen molar-refractivity contribution in [3.8, 4) is 11.3 Å². The van der Waals surface area contributed by atoms with E-state index in [1.165, 1.54) is 19.3 Å². The van der Waals surface area contributed by atoms with Gasteiger partial charge in [-0.05, 0) is 67.8 Å². The van der Waals surface area contributed by atoms with E-state index in [2.05, 4.69) is 20.4 Å². The maximum Gasteiger partial charge on any atom is 0.255 e. The highest BCUT2D eigenvalue weighted by Gasteiger charge is 2.13. The Hall–Kier alpha value is -3.41. The molecule has 30 heavy (non-hydrogen) atoms. The van der Waals surface area contributed by atoms with Gasteiger partial charge < -0.3 is 15.1 Å². The summed E-state index contributed by atoms with van der Waals surface area (Å²) in [6.07, 6.45) is 3.74. The van der Waals surface area contributed by atoms with E-state index < -0.39 is 0 Å². The molecular formula is C24H27N5O. The molecule has 1 aliphatic heterocycles. The molecule has 0 bridgehead atoms. The molecule has 0 atom stereocenters. The molecule has 4 rings (SSSR count). The van der Waals surface area contributed by atoms with Crippen LogP contribution in [0.3, 0.4) is 0 Å². The monoisotopic (exact) mass is 401 g/mol. The number of anilines is 3. The first-order chi connectivity index (χ1) is 14.6. The second-order valence-electron chi connectivity index (χ2n) is 7.80. The summed E-state index contributed by atoms with van der Waals surface area (Å²) in [5.74, 6) is 0.821. The number of aromatic nitrogens is 2. The molecule has 0 saturated carbocycles. The lowest BCUT2D eigenvalue weighted by Gasteiger charge is -2.27. The number of hydrogen-bond acceptors (Lipinski definition) is 5. The first kappa shape index (κ1) is 19.9. The van der Waals surface area contributed by atoms with Crippen LogP contribution in [0.2, 0.25) is 0 Å². The Morgan fingerprint density at radius 3 is 2.17 bits per heavy atom. The Kier molecular flexibility index (Phi) is 5.93. The number of rotatable bonds is 5. The van der Waals surface area contributed by atoms with Gasteiger partial charge in [-0.2, -0.15) is 0 Å². The van der Waals surface area contributed by atoms with Crippen molar-refractivity contribution >= 4 is 23.1 Å². The molecular weight excluding hydrogens is 374 g/mol. The molecule has 1 aliphatic rings. The van der Waals surface area contributed by atoms with Gasteiger partial charge in [-0.25, -0.2) is 0 Å². The molecule has 1 saturated heterocycles. The Bertz CT molecular complexity index is 976. The topological polar surface area (TPSA) is 61.4 Å². The fourth-order valence-electron chi connectivity index (χ4n) is 3.61. The molecule has 2 aromatic carbocycles. The van der Waals surface area contributed by atoms with Crippen LogP contribution in [0, 0.1) is 0 Å². The maximum absolute atomic E-state index is 12.5. The number of hydrogen-bond donors (Lipinski definition) is 1. The first-order valence-corrected chi connectivity index (χ1v) is 10.4. The molecule has 6 nitrogen and oxygen atoms in total. The predicted molar refractivity (Wildman–Crippen MR) is 122 cm³/mol. The number of nitrogens with one attached hydrogen (secondary N) is 1. The molecule has 0 aliphatic carbocycles. The summed E-state index contributed by atoms with van der Waals surface area (Å²) in [7, 11) is 3.95. The lowest BCUT2D eigenvalue weighted by molar-refractivity contribution is 0.102. The van der Waals surface area contributed by atoms with E-state index in [0.717, 1.165) is 41.5 Å². The van der Waals surface area contributed by atoms with Gasteiger partial charge in [0.2, 0.25) is 0 Å². The predicted octanol–water partition coefficient (Wildman–Crippen LogP) is 4.45. The lowest BCUT2D eigenvalue weighted by Crippen LogP contribution is -2.30. The summed E-state index contributed by atoms with van der Waals surface area (Å²) in [6, 6.07) is 19.3. The van der Waals surface area contributed by atoms with Crippen molar-refractivity contribution in [1.82, 2.24) is 10.2 Å². The minimum Gasteiger partial charge on any atom is -0.378 e. The number of carbonyl (C=O) groups excluding carboxylic acids is 1. The van der Waals surface area contributed by atoms with E-state index in [0.29, 0.717) is 5.56 Å². The standard InChI is InChI=1S/C24H27N5O/c1-28(2)21-12-8-19(9-13-21)24(30)25-20-10-6-18(7-11-20)22-14-15-23(27-26-22)29-16-4-3-5-17-29/h6-15H,3-5,16-17H2,1-2H3,(H,25,30). The average molecular weight is 402 g/mol. The largest absolute Gasteiger partial charge is 0.378 e. The smallest absolute Gasteiger partial charge is 0.255 e. The number of nitrogens with zero attached hydrogens (tertiary/aromatic N) is 4. The van der Waals surface area contributed by atoms with Crippen LogP contribution in [0.4, 0.5) is 17.2 Å². The van der Waals surface area contributed by atoms with E-state index in [9.17, 15) is 4.79 Å². The molecule has 154 valence electrons. The normalized spacial score (nSPS) is 13.7. The number of carbonyl (C=O) groups is 1. The third kappa shape index (κ3) is 4.59. The summed E-state index contributed by atoms with van der Waals surface area (Å²) in [5, 5.41) is 11.8. The van der Waals surface area contributed by atoms with Crippen molar-refractivity contribution in [2.45, 2.75) is 19.3 Å². The van der Waals surface area contributed by atoms with Crippen molar-refractivity contribution in [2.75, 3.05) is 42.3 Å². The molecule has 1 aromatic heterocycles. The molecule has 1 amide bonds.